The predicted molar refractivity (Wildman–Crippen MR) is 101 cm³/mol. The highest BCUT2D eigenvalue weighted by atomic mass is 35.5. The minimum atomic E-state index is -3.96. The average Bonchev–Trinajstić information content (AvgIpc) is 2.60. The summed E-state index contributed by atoms with van der Waals surface area (Å²) in [7, 11) is -0.989. The van der Waals surface area contributed by atoms with E-state index in [1.807, 2.05) is 0 Å². The molecule has 0 saturated carbocycles. The van der Waals surface area contributed by atoms with Gasteiger partial charge in [0.25, 0.3) is 10.0 Å². The molecule has 0 heterocycles. The van der Waals surface area contributed by atoms with Crippen LogP contribution in [-0.2, 0) is 10.0 Å². The Morgan fingerprint density at radius 1 is 1.08 bits per heavy atom. The molecule has 5 nitrogen and oxygen atoms in total. The molecule has 2 aromatic rings. The van der Waals surface area contributed by atoms with Gasteiger partial charge in [0.05, 0.1) is 31.5 Å². The highest BCUT2D eigenvalue weighted by molar-refractivity contribution is 7.93. The lowest BCUT2D eigenvalue weighted by Gasteiger charge is -2.24. The Morgan fingerprint density at radius 3 is 2.36 bits per heavy atom. The van der Waals surface area contributed by atoms with Gasteiger partial charge in [0.2, 0.25) is 0 Å². The van der Waals surface area contributed by atoms with Gasteiger partial charge in [-0.05, 0) is 30.3 Å². The summed E-state index contributed by atoms with van der Waals surface area (Å²) in [6, 6.07) is 9.09. The van der Waals surface area contributed by atoms with E-state index >= 15 is 0 Å². The molecule has 0 N–H and O–H groups in total. The van der Waals surface area contributed by atoms with Crippen LogP contribution in [0.5, 0.6) is 11.5 Å². The number of sulfonamides is 1. The van der Waals surface area contributed by atoms with Crippen LogP contribution in [0.4, 0.5) is 5.69 Å². The summed E-state index contributed by atoms with van der Waals surface area (Å²) in [5.41, 5.74) is 0.383. The van der Waals surface area contributed by atoms with E-state index in [-0.39, 0.29) is 21.5 Å². The third kappa shape index (κ3) is 4.03. The normalized spacial score (nSPS) is 11.0. The van der Waals surface area contributed by atoms with Crippen molar-refractivity contribution in [3.8, 4) is 11.5 Å². The first-order chi connectivity index (χ1) is 11.8. The second-order valence-electron chi connectivity index (χ2n) is 4.94. The monoisotopic (exact) mass is 401 g/mol. The SMILES string of the molecule is C=CCN(c1ccc(OC)c(OC)c1)S(=O)(=O)c1cc(Cl)ccc1Cl. The lowest BCUT2D eigenvalue weighted by atomic mass is 10.2. The van der Waals surface area contributed by atoms with Gasteiger partial charge in [0.15, 0.2) is 11.5 Å². The van der Waals surface area contributed by atoms with Crippen LogP contribution in [0.1, 0.15) is 0 Å². The van der Waals surface area contributed by atoms with Gasteiger partial charge in [-0.2, -0.15) is 0 Å². The Hall–Kier alpha value is -1.89. The van der Waals surface area contributed by atoms with E-state index in [9.17, 15) is 8.42 Å². The van der Waals surface area contributed by atoms with E-state index in [0.717, 1.165) is 0 Å². The first-order valence-corrected chi connectivity index (χ1v) is 9.35. The van der Waals surface area contributed by atoms with E-state index in [1.54, 1.807) is 18.2 Å². The summed E-state index contributed by atoms with van der Waals surface area (Å²) in [6.07, 6.45) is 1.48. The number of nitrogens with zero attached hydrogens (tertiary/aromatic N) is 1. The van der Waals surface area contributed by atoms with Crippen LogP contribution in [0.2, 0.25) is 10.0 Å². The zero-order valence-electron chi connectivity index (χ0n) is 13.7. The Balaban J connectivity index is 2.61. The van der Waals surface area contributed by atoms with Crippen molar-refractivity contribution in [2.45, 2.75) is 4.90 Å². The van der Waals surface area contributed by atoms with Crippen molar-refractivity contribution < 1.29 is 17.9 Å². The average molecular weight is 402 g/mol. The molecule has 0 aliphatic carbocycles. The zero-order chi connectivity index (χ0) is 18.6. The van der Waals surface area contributed by atoms with Gasteiger partial charge in [0, 0.05) is 11.1 Å². The predicted octanol–water partition coefficient (Wildman–Crippen LogP) is 4.39. The summed E-state index contributed by atoms with van der Waals surface area (Å²) in [6.45, 7) is 3.67. The molecule has 0 fully saturated rings. The zero-order valence-corrected chi connectivity index (χ0v) is 16.0. The molecule has 2 aromatic carbocycles. The molecule has 0 radical (unpaired) electrons. The molecule has 0 saturated heterocycles. The van der Waals surface area contributed by atoms with E-state index in [0.29, 0.717) is 17.2 Å². The number of benzene rings is 2. The van der Waals surface area contributed by atoms with E-state index in [2.05, 4.69) is 6.58 Å². The fraction of sp³-hybridized carbons (Fsp3) is 0.176. The number of halogens is 2. The van der Waals surface area contributed by atoms with Crippen LogP contribution in [-0.4, -0.2) is 29.2 Å². The first kappa shape index (κ1) is 19.4. The van der Waals surface area contributed by atoms with Crippen LogP contribution < -0.4 is 13.8 Å². The standard InChI is InChI=1S/C17H17Cl2NO4S/c1-4-9-20(13-6-8-15(23-2)16(11-13)24-3)25(21,22)17-10-12(18)5-7-14(17)19/h4-8,10-11H,1,9H2,2-3H3. The molecule has 0 atom stereocenters. The van der Waals surface area contributed by atoms with E-state index in [1.165, 1.54) is 42.8 Å². The topological polar surface area (TPSA) is 55.8 Å². The molecule has 25 heavy (non-hydrogen) atoms. The Bertz CT molecular complexity index is 884. The Labute approximate surface area is 157 Å². The molecule has 0 unspecified atom stereocenters. The minimum Gasteiger partial charge on any atom is -0.493 e. The number of hydrogen-bond acceptors (Lipinski definition) is 4. The minimum absolute atomic E-state index is 0.0423. The van der Waals surface area contributed by atoms with Crippen molar-refractivity contribution in [3.63, 3.8) is 0 Å². The molecule has 2 rings (SSSR count). The Kier molecular flexibility index (Phi) is 6.21. The van der Waals surface area contributed by atoms with Gasteiger partial charge >= 0.3 is 0 Å². The largest absolute Gasteiger partial charge is 0.493 e. The summed E-state index contributed by atoms with van der Waals surface area (Å²) < 4.78 is 37.8. The first-order valence-electron chi connectivity index (χ1n) is 7.16. The molecule has 0 aliphatic heterocycles. The van der Waals surface area contributed by atoms with Crippen molar-refractivity contribution in [2.24, 2.45) is 0 Å². The molecule has 0 aromatic heterocycles. The quantitative estimate of drug-likeness (QED) is 0.645. The van der Waals surface area contributed by atoms with Gasteiger partial charge in [0.1, 0.15) is 4.90 Å². The van der Waals surface area contributed by atoms with Gasteiger partial charge in [-0.1, -0.05) is 29.3 Å². The lowest BCUT2D eigenvalue weighted by Crippen LogP contribution is -2.31. The summed E-state index contributed by atoms with van der Waals surface area (Å²) in [5.74, 6) is 0.893. The maximum Gasteiger partial charge on any atom is 0.266 e. The van der Waals surface area contributed by atoms with Crippen molar-refractivity contribution in [2.75, 3.05) is 25.1 Å². The molecule has 0 amide bonds. The molecule has 0 aliphatic rings. The molecular formula is C17H17Cl2NO4S. The maximum atomic E-state index is 13.1. The van der Waals surface area contributed by atoms with Crippen LogP contribution in [0, 0.1) is 0 Å². The van der Waals surface area contributed by atoms with Crippen LogP contribution in [0.3, 0.4) is 0 Å². The van der Waals surface area contributed by atoms with Crippen molar-refractivity contribution in [3.05, 3.63) is 59.1 Å². The second-order valence-corrected chi connectivity index (χ2v) is 7.61. The van der Waals surface area contributed by atoms with Crippen molar-refractivity contribution in [1.29, 1.82) is 0 Å². The second kappa shape index (κ2) is 7.99. The third-order valence-corrected chi connectivity index (χ3v) is 5.92. The summed E-state index contributed by atoms with van der Waals surface area (Å²) in [4.78, 5) is -0.0849. The van der Waals surface area contributed by atoms with Crippen molar-refractivity contribution >= 4 is 38.9 Å². The lowest BCUT2D eigenvalue weighted by molar-refractivity contribution is 0.355. The smallest absolute Gasteiger partial charge is 0.266 e. The van der Waals surface area contributed by atoms with Crippen molar-refractivity contribution in [1.82, 2.24) is 0 Å². The maximum absolute atomic E-state index is 13.1. The Morgan fingerprint density at radius 2 is 1.76 bits per heavy atom. The fourth-order valence-corrected chi connectivity index (χ4v) is 4.40. The van der Waals surface area contributed by atoms with Crippen LogP contribution in [0.25, 0.3) is 0 Å². The fourth-order valence-electron chi connectivity index (χ4n) is 2.23. The number of anilines is 1. The molecule has 0 bridgehead atoms. The number of ether oxygens (including phenoxy) is 2. The molecule has 0 spiro atoms. The third-order valence-electron chi connectivity index (χ3n) is 3.41. The van der Waals surface area contributed by atoms with E-state index in [4.69, 9.17) is 32.7 Å². The highest BCUT2D eigenvalue weighted by Crippen LogP contribution is 2.35. The number of methoxy groups -OCH3 is 2. The molecule has 8 heteroatoms. The summed E-state index contributed by atoms with van der Waals surface area (Å²) in [5, 5.41) is 0.354. The van der Waals surface area contributed by atoms with Gasteiger partial charge < -0.3 is 9.47 Å². The number of hydrogen-bond donors (Lipinski definition) is 0. The van der Waals surface area contributed by atoms with Crippen LogP contribution >= 0.6 is 23.2 Å². The number of rotatable bonds is 7. The van der Waals surface area contributed by atoms with Gasteiger partial charge in [-0.15, -0.1) is 6.58 Å². The molecular weight excluding hydrogens is 385 g/mol. The van der Waals surface area contributed by atoms with E-state index < -0.39 is 10.0 Å². The summed E-state index contributed by atoms with van der Waals surface area (Å²) >= 11 is 12.0. The highest BCUT2D eigenvalue weighted by Gasteiger charge is 2.27. The van der Waals surface area contributed by atoms with Crippen LogP contribution in [0.15, 0.2) is 53.9 Å². The van der Waals surface area contributed by atoms with Gasteiger partial charge in [-0.25, -0.2) is 8.42 Å². The van der Waals surface area contributed by atoms with Gasteiger partial charge in [-0.3, -0.25) is 4.31 Å². The molecule has 134 valence electrons.